The van der Waals surface area contributed by atoms with Gasteiger partial charge in [-0.2, -0.15) is 0 Å². The van der Waals surface area contributed by atoms with Crippen molar-refractivity contribution in [3.8, 4) is 0 Å². The number of aliphatic imine (C=N–C) groups is 1. The van der Waals surface area contributed by atoms with Crippen LogP contribution >= 0.6 is 0 Å². The van der Waals surface area contributed by atoms with Crippen LogP contribution in [0.5, 0.6) is 0 Å². The molecule has 0 aromatic heterocycles. The largest absolute Gasteiger partial charge is 0.373 e. The van der Waals surface area contributed by atoms with E-state index in [1.807, 2.05) is 0 Å². The molecule has 0 amide bonds. The monoisotopic (exact) mass is 191 g/mol. The van der Waals surface area contributed by atoms with Crippen molar-refractivity contribution in [1.82, 2.24) is 10.6 Å². The van der Waals surface area contributed by atoms with E-state index in [2.05, 4.69) is 41.6 Å². The van der Waals surface area contributed by atoms with Crippen molar-refractivity contribution in [3.63, 3.8) is 0 Å². The standard InChI is InChI=1S/C11H17N3/c1-3-12-11-9-6-8(2)4-5-10(9)13-7-14-11/h4-5,9,13H,3,6-7H2,1-2H3,(H,12,14). The zero-order valence-corrected chi connectivity index (χ0v) is 8.80. The highest BCUT2D eigenvalue weighted by Gasteiger charge is 2.25. The Morgan fingerprint density at radius 2 is 2.43 bits per heavy atom. The summed E-state index contributed by atoms with van der Waals surface area (Å²) in [5.74, 6) is 1.58. The minimum Gasteiger partial charge on any atom is -0.373 e. The van der Waals surface area contributed by atoms with Crippen LogP contribution in [0.3, 0.4) is 0 Å². The summed E-state index contributed by atoms with van der Waals surface area (Å²) in [5.41, 5.74) is 2.73. The Labute approximate surface area is 85.0 Å². The van der Waals surface area contributed by atoms with E-state index in [0.717, 1.165) is 18.8 Å². The third kappa shape index (κ3) is 1.67. The Bertz CT molecular complexity index is 312. The van der Waals surface area contributed by atoms with Crippen LogP contribution in [0.1, 0.15) is 20.3 Å². The van der Waals surface area contributed by atoms with Crippen LogP contribution in [0.2, 0.25) is 0 Å². The first-order valence-electron chi connectivity index (χ1n) is 5.20. The highest BCUT2D eigenvalue weighted by atomic mass is 15.1. The molecule has 2 aliphatic rings. The van der Waals surface area contributed by atoms with E-state index in [9.17, 15) is 0 Å². The maximum atomic E-state index is 4.46. The lowest BCUT2D eigenvalue weighted by Gasteiger charge is -2.30. The van der Waals surface area contributed by atoms with Gasteiger partial charge in [-0.1, -0.05) is 11.6 Å². The van der Waals surface area contributed by atoms with Gasteiger partial charge in [-0.15, -0.1) is 0 Å². The van der Waals surface area contributed by atoms with Crippen molar-refractivity contribution in [3.05, 3.63) is 23.4 Å². The zero-order valence-electron chi connectivity index (χ0n) is 8.80. The van der Waals surface area contributed by atoms with E-state index in [4.69, 9.17) is 0 Å². The maximum absolute atomic E-state index is 4.46. The number of amidine groups is 1. The third-order valence-corrected chi connectivity index (χ3v) is 2.67. The molecule has 76 valence electrons. The average molecular weight is 191 g/mol. The molecule has 0 fully saturated rings. The van der Waals surface area contributed by atoms with E-state index < -0.39 is 0 Å². The second-order valence-electron chi connectivity index (χ2n) is 3.80. The molecule has 0 aromatic carbocycles. The lowest BCUT2D eigenvalue weighted by molar-refractivity contribution is 0.615. The number of nitrogens with zero attached hydrogens (tertiary/aromatic N) is 1. The number of allylic oxidation sites excluding steroid dienone is 3. The molecule has 0 bridgehead atoms. The van der Waals surface area contributed by atoms with E-state index >= 15 is 0 Å². The highest BCUT2D eigenvalue weighted by molar-refractivity contribution is 5.88. The Kier molecular flexibility index (Phi) is 2.57. The first kappa shape index (κ1) is 9.31. The van der Waals surface area contributed by atoms with Crippen molar-refractivity contribution >= 4 is 5.84 Å². The molecule has 2 rings (SSSR count). The minimum absolute atomic E-state index is 0.439. The van der Waals surface area contributed by atoms with Crippen molar-refractivity contribution in [2.75, 3.05) is 13.2 Å². The summed E-state index contributed by atoms with van der Waals surface area (Å²) in [6, 6.07) is 0. The predicted molar refractivity (Wildman–Crippen MR) is 59.1 cm³/mol. The van der Waals surface area contributed by atoms with Crippen LogP contribution in [0.4, 0.5) is 0 Å². The molecule has 0 saturated carbocycles. The SMILES string of the molecule is CCNC1=NCNC2=CC=C(C)CC21. The van der Waals surface area contributed by atoms with Crippen molar-refractivity contribution < 1.29 is 0 Å². The van der Waals surface area contributed by atoms with Crippen LogP contribution in [0.25, 0.3) is 0 Å². The van der Waals surface area contributed by atoms with Gasteiger partial charge in [-0.05, 0) is 26.3 Å². The Morgan fingerprint density at radius 3 is 3.21 bits per heavy atom. The topological polar surface area (TPSA) is 36.4 Å². The lowest BCUT2D eigenvalue weighted by atomic mass is 9.90. The lowest BCUT2D eigenvalue weighted by Crippen LogP contribution is -2.41. The van der Waals surface area contributed by atoms with Gasteiger partial charge in [0, 0.05) is 12.2 Å². The van der Waals surface area contributed by atoms with Gasteiger partial charge >= 0.3 is 0 Å². The van der Waals surface area contributed by atoms with Crippen LogP contribution in [0.15, 0.2) is 28.4 Å². The summed E-state index contributed by atoms with van der Waals surface area (Å²) in [6.45, 7) is 5.94. The molecule has 1 aliphatic carbocycles. The van der Waals surface area contributed by atoms with Crippen LogP contribution < -0.4 is 10.6 Å². The van der Waals surface area contributed by atoms with E-state index in [0.29, 0.717) is 12.6 Å². The second kappa shape index (κ2) is 3.86. The molecule has 14 heavy (non-hydrogen) atoms. The summed E-state index contributed by atoms with van der Waals surface area (Å²) in [4.78, 5) is 4.46. The average Bonchev–Trinajstić information content (AvgIpc) is 2.19. The summed E-state index contributed by atoms with van der Waals surface area (Å²) in [5, 5.41) is 6.67. The molecule has 1 aliphatic heterocycles. The number of hydrogen-bond acceptors (Lipinski definition) is 3. The third-order valence-electron chi connectivity index (χ3n) is 2.67. The van der Waals surface area contributed by atoms with Gasteiger partial charge in [0.15, 0.2) is 0 Å². The van der Waals surface area contributed by atoms with Gasteiger partial charge in [0.2, 0.25) is 0 Å². The molecule has 3 nitrogen and oxygen atoms in total. The highest BCUT2D eigenvalue weighted by Crippen LogP contribution is 2.25. The summed E-state index contributed by atoms with van der Waals surface area (Å²) in [7, 11) is 0. The number of rotatable bonds is 1. The van der Waals surface area contributed by atoms with Gasteiger partial charge in [0.1, 0.15) is 12.5 Å². The zero-order chi connectivity index (χ0) is 9.97. The summed E-state index contributed by atoms with van der Waals surface area (Å²) >= 11 is 0. The minimum atomic E-state index is 0.439. The number of nitrogens with one attached hydrogen (secondary N) is 2. The molecule has 1 heterocycles. The maximum Gasteiger partial charge on any atom is 0.109 e. The molecule has 0 spiro atoms. The van der Waals surface area contributed by atoms with E-state index in [-0.39, 0.29) is 0 Å². The van der Waals surface area contributed by atoms with Gasteiger partial charge in [-0.25, -0.2) is 0 Å². The molecule has 1 atom stereocenters. The first-order valence-corrected chi connectivity index (χ1v) is 5.20. The Morgan fingerprint density at radius 1 is 1.57 bits per heavy atom. The first-order chi connectivity index (χ1) is 6.81. The van der Waals surface area contributed by atoms with Gasteiger partial charge in [0.25, 0.3) is 0 Å². The fraction of sp³-hybridized carbons (Fsp3) is 0.545. The smallest absolute Gasteiger partial charge is 0.109 e. The van der Waals surface area contributed by atoms with Gasteiger partial charge in [0.05, 0.1) is 5.92 Å². The fourth-order valence-electron chi connectivity index (χ4n) is 1.96. The summed E-state index contributed by atoms with van der Waals surface area (Å²) < 4.78 is 0. The van der Waals surface area contributed by atoms with Crippen LogP contribution in [-0.4, -0.2) is 19.0 Å². The molecule has 0 aromatic rings. The fourth-order valence-corrected chi connectivity index (χ4v) is 1.96. The quantitative estimate of drug-likeness (QED) is 0.657. The number of fused-ring (bicyclic) bond motifs is 1. The summed E-state index contributed by atoms with van der Waals surface area (Å²) in [6.07, 6.45) is 5.45. The second-order valence-corrected chi connectivity index (χ2v) is 3.80. The van der Waals surface area contributed by atoms with Crippen LogP contribution in [0, 0.1) is 5.92 Å². The van der Waals surface area contributed by atoms with Gasteiger partial charge < -0.3 is 10.6 Å². The van der Waals surface area contributed by atoms with Gasteiger partial charge in [-0.3, -0.25) is 4.99 Å². The normalized spacial score (nSPS) is 25.3. The molecule has 0 radical (unpaired) electrons. The predicted octanol–water partition coefficient (Wildman–Crippen LogP) is 1.41. The van der Waals surface area contributed by atoms with E-state index in [1.54, 1.807) is 0 Å². The molecule has 3 heteroatoms. The number of hydrogen-bond donors (Lipinski definition) is 2. The van der Waals surface area contributed by atoms with Crippen molar-refractivity contribution in [2.45, 2.75) is 20.3 Å². The van der Waals surface area contributed by atoms with Crippen molar-refractivity contribution in [1.29, 1.82) is 0 Å². The molecule has 1 unspecified atom stereocenters. The molecule has 2 N–H and O–H groups in total. The van der Waals surface area contributed by atoms with Crippen molar-refractivity contribution in [2.24, 2.45) is 10.9 Å². The molecular weight excluding hydrogens is 174 g/mol. The van der Waals surface area contributed by atoms with E-state index in [1.165, 1.54) is 11.3 Å². The Balaban J connectivity index is 2.20. The molecule has 0 saturated heterocycles. The Hall–Kier alpha value is -1.25. The van der Waals surface area contributed by atoms with Crippen LogP contribution in [-0.2, 0) is 0 Å². The molecular formula is C11H17N3.